The number of carbonyl (C=O) groups excluding carboxylic acids is 1. The second-order valence-electron chi connectivity index (χ2n) is 7.53. The van der Waals surface area contributed by atoms with Crippen LogP contribution in [0.2, 0.25) is 0 Å². The van der Waals surface area contributed by atoms with E-state index in [0.717, 1.165) is 15.8 Å². The molecular formula is C23H19N3O5S2. The second kappa shape index (κ2) is 8.05. The van der Waals surface area contributed by atoms with Gasteiger partial charge in [0.25, 0.3) is 15.9 Å². The smallest absolute Gasteiger partial charge is 0.279 e. The van der Waals surface area contributed by atoms with Crippen molar-refractivity contribution in [1.29, 1.82) is 0 Å². The first-order chi connectivity index (χ1) is 15.8. The monoisotopic (exact) mass is 481 g/mol. The van der Waals surface area contributed by atoms with Gasteiger partial charge >= 0.3 is 0 Å². The number of thiazole rings is 1. The molecule has 1 aromatic heterocycles. The Balaban J connectivity index is 1.44. The summed E-state index contributed by atoms with van der Waals surface area (Å²) in [7, 11) is -1.96. The number of nitrogens with zero attached hydrogens (tertiary/aromatic N) is 2. The highest BCUT2D eigenvalue weighted by Crippen LogP contribution is 2.36. The van der Waals surface area contributed by atoms with Crippen LogP contribution in [0.15, 0.2) is 70.6 Å². The van der Waals surface area contributed by atoms with E-state index in [0.29, 0.717) is 16.3 Å². The lowest BCUT2D eigenvalue weighted by atomic mass is 10.2. The van der Waals surface area contributed by atoms with E-state index in [9.17, 15) is 13.2 Å². The van der Waals surface area contributed by atoms with Gasteiger partial charge in [-0.15, -0.1) is 0 Å². The Morgan fingerprint density at radius 3 is 2.55 bits per heavy atom. The molecule has 0 radical (unpaired) electrons. The van der Waals surface area contributed by atoms with Gasteiger partial charge in [0.15, 0.2) is 16.3 Å². The number of fused-ring (bicyclic) bond motifs is 2. The molecule has 1 amide bonds. The summed E-state index contributed by atoms with van der Waals surface area (Å²) in [5, 5.41) is 0. The Labute approximate surface area is 193 Å². The van der Waals surface area contributed by atoms with Gasteiger partial charge in [-0.2, -0.15) is 4.99 Å². The van der Waals surface area contributed by atoms with Crippen molar-refractivity contribution in [2.24, 2.45) is 12.0 Å². The van der Waals surface area contributed by atoms with Crippen molar-refractivity contribution in [3.05, 3.63) is 76.6 Å². The number of aryl methyl sites for hydroxylation is 2. The molecular weight excluding hydrogens is 462 g/mol. The van der Waals surface area contributed by atoms with E-state index in [1.54, 1.807) is 30.3 Å². The van der Waals surface area contributed by atoms with Crippen molar-refractivity contribution in [1.82, 2.24) is 4.57 Å². The lowest BCUT2D eigenvalue weighted by Crippen LogP contribution is -2.14. The van der Waals surface area contributed by atoms with Gasteiger partial charge in [0.05, 0.1) is 15.1 Å². The van der Waals surface area contributed by atoms with Gasteiger partial charge in [-0.25, -0.2) is 8.42 Å². The summed E-state index contributed by atoms with van der Waals surface area (Å²) in [6.45, 7) is 2.07. The van der Waals surface area contributed by atoms with Crippen molar-refractivity contribution in [3.63, 3.8) is 0 Å². The molecule has 1 aliphatic heterocycles. The highest BCUT2D eigenvalue weighted by molar-refractivity contribution is 7.92. The molecule has 0 atom stereocenters. The summed E-state index contributed by atoms with van der Waals surface area (Å²) in [5.41, 5.74) is 2.38. The molecule has 0 aliphatic carbocycles. The number of ether oxygens (including phenoxy) is 2. The maximum Gasteiger partial charge on any atom is 0.279 e. The third-order valence-electron chi connectivity index (χ3n) is 5.19. The molecule has 4 aromatic rings. The predicted molar refractivity (Wildman–Crippen MR) is 125 cm³/mol. The molecule has 0 saturated heterocycles. The van der Waals surface area contributed by atoms with Crippen LogP contribution in [0.1, 0.15) is 15.9 Å². The molecule has 0 bridgehead atoms. The molecule has 8 nitrogen and oxygen atoms in total. The van der Waals surface area contributed by atoms with Crippen molar-refractivity contribution >= 4 is 43.2 Å². The van der Waals surface area contributed by atoms with E-state index in [-0.39, 0.29) is 22.9 Å². The van der Waals surface area contributed by atoms with E-state index in [1.165, 1.54) is 29.5 Å². The van der Waals surface area contributed by atoms with Gasteiger partial charge in [-0.1, -0.05) is 35.1 Å². The fraction of sp³-hybridized carbons (Fsp3) is 0.130. The second-order valence-corrected chi connectivity index (χ2v) is 10.2. The number of aromatic nitrogens is 1. The third-order valence-corrected chi connectivity index (χ3v) is 7.69. The summed E-state index contributed by atoms with van der Waals surface area (Å²) < 4.78 is 41.4. The molecule has 33 heavy (non-hydrogen) atoms. The standard InChI is InChI=1S/C23H19N3O5S2/c1-14-6-8-17(9-7-14)33(28,29)25-16-5-3-4-15(10-16)22(27)24-23-26(2)18-11-19-20(31-13-30-19)12-21(18)32-23/h3-12,25H,13H2,1-2H3. The zero-order chi connectivity index (χ0) is 23.2. The summed E-state index contributed by atoms with van der Waals surface area (Å²) in [6, 6.07) is 16.5. The number of hydrogen-bond donors (Lipinski definition) is 1. The predicted octanol–water partition coefficient (Wildman–Crippen LogP) is 3.82. The first-order valence-electron chi connectivity index (χ1n) is 9.98. The molecule has 10 heteroatoms. The molecule has 168 valence electrons. The van der Waals surface area contributed by atoms with Crippen molar-refractivity contribution < 1.29 is 22.7 Å². The van der Waals surface area contributed by atoms with Crippen molar-refractivity contribution in [3.8, 4) is 11.5 Å². The highest BCUT2D eigenvalue weighted by Gasteiger charge is 2.18. The topological polar surface area (TPSA) is 99.0 Å². The minimum atomic E-state index is -3.78. The molecule has 0 spiro atoms. The third kappa shape index (κ3) is 4.10. The lowest BCUT2D eigenvalue weighted by Gasteiger charge is -2.09. The largest absolute Gasteiger partial charge is 0.454 e. The van der Waals surface area contributed by atoms with Crippen LogP contribution in [0.5, 0.6) is 11.5 Å². The van der Waals surface area contributed by atoms with Crippen LogP contribution < -0.4 is 19.0 Å². The normalized spacial score (nSPS) is 13.5. The number of sulfonamides is 1. The molecule has 2 heterocycles. The summed E-state index contributed by atoms with van der Waals surface area (Å²) in [6.07, 6.45) is 0. The maximum atomic E-state index is 12.9. The van der Waals surface area contributed by atoms with Gasteiger partial charge in [0.1, 0.15) is 0 Å². The maximum absolute atomic E-state index is 12.9. The number of amides is 1. The fourth-order valence-electron chi connectivity index (χ4n) is 3.42. The number of rotatable bonds is 4. The number of benzene rings is 3. The Morgan fingerprint density at radius 1 is 1.06 bits per heavy atom. The highest BCUT2D eigenvalue weighted by atomic mass is 32.2. The molecule has 0 saturated carbocycles. The van der Waals surface area contributed by atoms with Gasteiger partial charge in [0, 0.05) is 30.4 Å². The van der Waals surface area contributed by atoms with Gasteiger partial charge in [-0.3, -0.25) is 9.52 Å². The quantitative estimate of drug-likeness (QED) is 0.478. The summed E-state index contributed by atoms with van der Waals surface area (Å²) in [4.78, 5) is 17.8. The number of anilines is 1. The lowest BCUT2D eigenvalue weighted by molar-refractivity contribution is 0.0998. The number of nitrogens with one attached hydrogen (secondary N) is 1. The zero-order valence-corrected chi connectivity index (χ0v) is 19.4. The Morgan fingerprint density at radius 2 is 1.79 bits per heavy atom. The summed E-state index contributed by atoms with van der Waals surface area (Å²) in [5.74, 6) is 0.840. The van der Waals surface area contributed by atoms with Crippen LogP contribution in [0, 0.1) is 6.92 Å². The Kier molecular flexibility index (Phi) is 5.18. The first kappa shape index (κ1) is 21.2. The van der Waals surface area contributed by atoms with E-state index in [1.807, 2.05) is 30.7 Å². The Bertz CT molecular complexity index is 1570. The van der Waals surface area contributed by atoms with Crippen molar-refractivity contribution in [2.75, 3.05) is 11.5 Å². The Hall–Kier alpha value is -3.63. The average molecular weight is 482 g/mol. The molecule has 5 rings (SSSR count). The summed E-state index contributed by atoms with van der Waals surface area (Å²) >= 11 is 1.35. The van der Waals surface area contributed by atoms with Crippen LogP contribution >= 0.6 is 11.3 Å². The molecule has 3 aromatic carbocycles. The van der Waals surface area contributed by atoms with Gasteiger partial charge < -0.3 is 14.0 Å². The average Bonchev–Trinajstić information content (AvgIpc) is 3.36. The molecule has 0 unspecified atom stereocenters. The van der Waals surface area contributed by atoms with E-state index >= 15 is 0 Å². The van der Waals surface area contributed by atoms with E-state index in [4.69, 9.17) is 9.47 Å². The van der Waals surface area contributed by atoms with Gasteiger partial charge in [-0.05, 0) is 37.3 Å². The van der Waals surface area contributed by atoms with E-state index in [2.05, 4.69) is 9.71 Å². The van der Waals surface area contributed by atoms with Crippen LogP contribution in [0.4, 0.5) is 5.69 Å². The number of carbonyl (C=O) groups is 1. The van der Waals surface area contributed by atoms with Crippen LogP contribution in [-0.2, 0) is 17.1 Å². The van der Waals surface area contributed by atoms with Crippen molar-refractivity contribution in [2.45, 2.75) is 11.8 Å². The zero-order valence-electron chi connectivity index (χ0n) is 17.7. The van der Waals surface area contributed by atoms with Crippen LogP contribution in [-0.4, -0.2) is 25.7 Å². The number of hydrogen-bond acceptors (Lipinski definition) is 6. The van der Waals surface area contributed by atoms with Crippen LogP contribution in [0.25, 0.3) is 10.2 Å². The minimum absolute atomic E-state index is 0.145. The van der Waals surface area contributed by atoms with Crippen LogP contribution in [0.3, 0.4) is 0 Å². The minimum Gasteiger partial charge on any atom is -0.454 e. The molecule has 1 aliphatic rings. The van der Waals surface area contributed by atoms with E-state index < -0.39 is 15.9 Å². The molecule has 1 N–H and O–H groups in total. The van der Waals surface area contributed by atoms with Gasteiger partial charge in [0.2, 0.25) is 6.79 Å². The fourth-order valence-corrected chi connectivity index (χ4v) is 5.50. The SMILES string of the molecule is Cc1ccc(S(=O)(=O)Nc2cccc(C(=O)N=c3sc4cc5c(cc4n3C)OCO5)c2)cc1. The first-order valence-corrected chi connectivity index (χ1v) is 12.3. The molecule has 0 fully saturated rings.